The van der Waals surface area contributed by atoms with E-state index in [1.807, 2.05) is 12.1 Å². The van der Waals surface area contributed by atoms with Crippen LogP contribution >= 0.6 is 24.8 Å². The van der Waals surface area contributed by atoms with E-state index in [4.69, 9.17) is 5.73 Å². The van der Waals surface area contributed by atoms with Crippen molar-refractivity contribution in [1.29, 1.82) is 0 Å². The summed E-state index contributed by atoms with van der Waals surface area (Å²) in [7, 11) is 0. The first-order valence-corrected chi connectivity index (χ1v) is 9.87. The number of nitrogens with one attached hydrogen (secondary N) is 2. The third kappa shape index (κ3) is 7.27. The molecule has 30 heavy (non-hydrogen) atoms. The summed E-state index contributed by atoms with van der Waals surface area (Å²) >= 11 is 0. The number of amides is 2. The molecule has 164 valence electrons. The molecule has 1 heterocycles. The van der Waals surface area contributed by atoms with Crippen LogP contribution in [-0.2, 0) is 11.3 Å². The fourth-order valence-corrected chi connectivity index (χ4v) is 3.77. The Morgan fingerprint density at radius 1 is 0.967 bits per heavy atom. The van der Waals surface area contributed by atoms with Crippen LogP contribution in [0.3, 0.4) is 0 Å². The van der Waals surface area contributed by atoms with Crippen molar-refractivity contribution in [2.45, 2.75) is 45.1 Å². The van der Waals surface area contributed by atoms with E-state index < -0.39 is 0 Å². The van der Waals surface area contributed by atoms with Crippen LogP contribution in [0.25, 0.3) is 0 Å². The molecule has 1 saturated carbocycles. The van der Waals surface area contributed by atoms with Crippen LogP contribution in [0, 0.1) is 5.41 Å². The van der Waals surface area contributed by atoms with Crippen LogP contribution in [0.4, 0.5) is 5.69 Å². The highest BCUT2D eigenvalue weighted by molar-refractivity contribution is 6.04. The van der Waals surface area contributed by atoms with Gasteiger partial charge in [0.25, 0.3) is 5.91 Å². The van der Waals surface area contributed by atoms with Gasteiger partial charge in [-0.2, -0.15) is 0 Å². The van der Waals surface area contributed by atoms with Crippen LogP contribution in [0.15, 0.2) is 48.8 Å². The summed E-state index contributed by atoms with van der Waals surface area (Å²) in [5.74, 6) is -0.129. The molecule has 2 aromatic rings. The molecule has 1 aromatic carbocycles. The number of carbonyl (C=O) groups excluding carboxylic acids is 2. The lowest BCUT2D eigenvalue weighted by atomic mass is 9.71. The summed E-state index contributed by atoms with van der Waals surface area (Å²) in [5.41, 5.74) is 8.17. The highest BCUT2D eigenvalue weighted by atomic mass is 35.5. The number of rotatable bonds is 7. The van der Waals surface area contributed by atoms with E-state index in [1.54, 1.807) is 36.7 Å². The van der Waals surface area contributed by atoms with E-state index in [0.717, 1.165) is 31.2 Å². The molecular formula is C22H30Cl2N4O2. The van der Waals surface area contributed by atoms with Gasteiger partial charge >= 0.3 is 0 Å². The number of nitrogens with two attached hydrogens (primary N) is 1. The second-order valence-corrected chi connectivity index (χ2v) is 7.61. The third-order valence-electron chi connectivity index (χ3n) is 5.53. The molecule has 8 heteroatoms. The number of hydrogen-bond acceptors (Lipinski definition) is 4. The Morgan fingerprint density at radius 2 is 1.60 bits per heavy atom. The van der Waals surface area contributed by atoms with Gasteiger partial charge < -0.3 is 16.4 Å². The predicted molar refractivity (Wildman–Crippen MR) is 124 cm³/mol. The third-order valence-corrected chi connectivity index (χ3v) is 5.53. The van der Waals surface area contributed by atoms with Gasteiger partial charge in [-0.3, -0.25) is 14.6 Å². The van der Waals surface area contributed by atoms with E-state index in [0.29, 0.717) is 30.8 Å². The zero-order valence-corrected chi connectivity index (χ0v) is 18.6. The Kier molecular flexibility index (Phi) is 10.8. The molecule has 1 fully saturated rings. The quantitative estimate of drug-likeness (QED) is 0.588. The smallest absolute Gasteiger partial charge is 0.255 e. The number of pyridine rings is 1. The number of benzene rings is 1. The molecule has 0 aliphatic heterocycles. The summed E-state index contributed by atoms with van der Waals surface area (Å²) in [6.45, 7) is 1.02. The molecule has 1 aliphatic rings. The lowest BCUT2D eigenvalue weighted by molar-refractivity contribution is -0.124. The molecule has 0 bridgehead atoms. The molecule has 4 N–H and O–H groups in total. The van der Waals surface area contributed by atoms with E-state index in [-0.39, 0.29) is 42.0 Å². The van der Waals surface area contributed by atoms with Crippen molar-refractivity contribution >= 4 is 42.3 Å². The summed E-state index contributed by atoms with van der Waals surface area (Å²) in [6, 6.07) is 10.7. The highest BCUT2D eigenvalue weighted by Gasteiger charge is 2.32. The van der Waals surface area contributed by atoms with Gasteiger partial charge in [0.05, 0.1) is 0 Å². The van der Waals surface area contributed by atoms with Crippen molar-refractivity contribution in [2.75, 3.05) is 11.9 Å². The summed E-state index contributed by atoms with van der Waals surface area (Å²) in [6.07, 6.45) is 9.39. The number of hydrogen-bond donors (Lipinski definition) is 3. The fraction of sp³-hybridized carbons (Fsp3) is 0.409. The minimum absolute atomic E-state index is 0. The van der Waals surface area contributed by atoms with Gasteiger partial charge in [-0.15, -0.1) is 24.8 Å². The minimum Gasteiger partial charge on any atom is -0.352 e. The summed E-state index contributed by atoms with van der Waals surface area (Å²) in [4.78, 5) is 28.6. The molecule has 0 spiro atoms. The molecule has 6 nitrogen and oxygen atoms in total. The van der Waals surface area contributed by atoms with Gasteiger partial charge in [0.1, 0.15) is 0 Å². The first-order chi connectivity index (χ1) is 13.6. The van der Waals surface area contributed by atoms with E-state index in [9.17, 15) is 9.59 Å². The second-order valence-electron chi connectivity index (χ2n) is 7.61. The van der Waals surface area contributed by atoms with Gasteiger partial charge in [0.2, 0.25) is 5.91 Å². The zero-order valence-electron chi connectivity index (χ0n) is 16.9. The van der Waals surface area contributed by atoms with Gasteiger partial charge in [-0.1, -0.05) is 31.4 Å². The van der Waals surface area contributed by atoms with Gasteiger partial charge in [-0.05, 0) is 54.6 Å². The Hall–Kier alpha value is -2.15. The Morgan fingerprint density at radius 3 is 2.20 bits per heavy atom. The average molecular weight is 453 g/mol. The van der Waals surface area contributed by atoms with Crippen molar-refractivity contribution in [3.8, 4) is 0 Å². The first kappa shape index (κ1) is 25.9. The molecule has 2 amide bonds. The standard InChI is InChI=1S/C22H28N4O2.2ClH/c23-16-22(10-2-1-3-11-22)14-20(27)25-15-17-4-6-18(7-5-17)21(28)26-19-8-12-24-13-9-19;;/h4-9,12-13H,1-3,10-11,14-16,23H2,(H,25,27)(H,24,26,28);2*1H. The number of carbonyl (C=O) groups is 2. The normalized spacial score (nSPS) is 14.6. The van der Waals surface area contributed by atoms with E-state index in [1.165, 1.54) is 6.42 Å². The van der Waals surface area contributed by atoms with Crippen molar-refractivity contribution in [3.05, 3.63) is 59.9 Å². The maximum Gasteiger partial charge on any atom is 0.255 e. The zero-order chi connectivity index (χ0) is 19.8. The molecular weight excluding hydrogens is 423 g/mol. The fourth-order valence-electron chi connectivity index (χ4n) is 3.77. The van der Waals surface area contributed by atoms with E-state index in [2.05, 4.69) is 15.6 Å². The predicted octanol–water partition coefficient (Wildman–Crippen LogP) is 4.09. The van der Waals surface area contributed by atoms with Gasteiger partial charge in [0.15, 0.2) is 0 Å². The minimum atomic E-state index is -0.177. The molecule has 1 aliphatic carbocycles. The van der Waals surface area contributed by atoms with Crippen LogP contribution in [0.5, 0.6) is 0 Å². The van der Waals surface area contributed by atoms with Crippen LogP contribution in [-0.4, -0.2) is 23.3 Å². The van der Waals surface area contributed by atoms with Crippen LogP contribution in [0.1, 0.15) is 54.4 Å². The summed E-state index contributed by atoms with van der Waals surface area (Å²) < 4.78 is 0. The average Bonchev–Trinajstić information content (AvgIpc) is 2.74. The van der Waals surface area contributed by atoms with Crippen LogP contribution < -0.4 is 16.4 Å². The summed E-state index contributed by atoms with van der Waals surface area (Å²) in [5, 5.41) is 5.82. The molecule has 3 rings (SSSR count). The van der Waals surface area contributed by atoms with Crippen molar-refractivity contribution < 1.29 is 9.59 Å². The molecule has 0 atom stereocenters. The maximum atomic E-state index is 12.4. The molecule has 0 saturated heterocycles. The number of halogens is 2. The highest BCUT2D eigenvalue weighted by Crippen LogP contribution is 2.38. The maximum absolute atomic E-state index is 12.4. The lowest BCUT2D eigenvalue weighted by Gasteiger charge is -2.35. The Bertz CT molecular complexity index is 795. The van der Waals surface area contributed by atoms with Crippen molar-refractivity contribution in [3.63, 3.8) is 0 Å². The van der Waals surface area contributed by atoms with E-state index >= 15 is 0 Å². The van der Waals surface area contributed by atoms with Crippen molar-refractivity contribution in [1.82, 2.24) is 10.3 Å². The molecule has 1 aromatic heterocycles. The molecule has 0 unspecified atom stereocenters. The monoisotopic (exact) mass is 452 g/mol. The largest absolute Gasteiger partial charge is 0.352 e. The van der Waals surface area contributed by atoms with Crippen molar-refractivity contribution in [2.24, 2.45) is 11.1 Å². The molecule has 0 radical (unpaired) electrons. The second kappa shape index (κ2) is 12.5. The SMILES string of the molecule is Cl.Cl.NCC1(CC(=O)NCc2ccc(C(=O)Nc3ccncc3)cc2)CCCCC1. The van der Waals surface area contributed by atoms with Gasteiger partial charge in [0, 0.05) is 36.6 Å². The Balaban J connectivity index is 0.00000225. The number of nitrogens with zero attached hydrogens (tertiary/aromatic N) is 1. The number of aromatic nitrogens is 1. The van der Waals surface area contributed by atoms with Gasteiger partial charge in [-0.25, -0.2) is 0 Å². The number of anilines is 1. The Labute approximate surface area is 190 Å². The lowest BCUT2D eigenvalue weighted by Crippen LogP contribution is -2.38. The topological polar surface area (TPSA) is 97.1 Å². The first-order valence-electron chi connectivity index (χ1n) is 9.87. The van der Waals surface area contributed by atoms with Crippen LogP contribution in [0.2, 0.25) is 0 Å².